The second-order valence-electron chi connectivity index (χ2n) is 12.5. The summed E-state index contributed by atoms with van der Waals surface area (Å²) in [5.41, 5.74) is 4.10. The summed E-state index contributed by atoms with van der Waals surface area (Å²) in [5, 5.41) is 11.4. The second-order valence-corrected chi connectivity index (χ2v) is 12.5. The quantitative estimate of drug-likeness (QED) is 0.477. The molecule has 5 rings (SSSR count). The van der Waals surface area contributed by atoms with Crippen molar-refractivity contribution in [3.63, 3.8) is 0 Å². The smallest absolute Gasteiger partial charge is 0.388 e. The van der Waals surface area contributed by atoms with Crippen molar-refractivity contribution in [2.75, 3.05) is 13.2 Å². The molecule has 4 nitrogen and oxygen atoms in total. The molecule has 0 saturated carbocycles. The van der Waals surface area contributed by atoms with Gasteiger partial charge in [0.1, 0.15) is 6.10 Å². The molecule has 2 aliphatic carbocycles. The number of nitrogens with zero attached hydrogens (tertiary/aromatic N) is 1. The van der Waals surface area contributed by atoms with Crippen LogP contribution in [-0.4, -0.2) is 29.5 Å². The third-order valence-corrected chi connectivity index (χ3v) is 8.03. The lowest BCUT2D eigenvalue weighted by molar-refractivity contribution is -0.124. The maximum atomic E-state index is 13.3. The zero-order valence-electron chi connectivity index (χ0n) is 21.3. The number of hydrogen-bond acceptors (Lipinski definition) is 4. The second kappa shape index (κ2) is 8.15. The Morgan fingerprint density at radius 2 is 1.71 bits per heavy atom. The minimum absolute atomic E-state index is 0.0549. The van der Waals surface area contributed by atoms with E-state index in [2.05, 4.69) is 34.6 Å². The Morgan fingerprint density at radius 3 is 2.29 bits per heavy atom. The number of rotatable bonds is 1. The standard InChI is InChI=1S/C28H36F3NO3/c1-25(2,3)24-21-22(20-18(32-24)14-26(4,5)15-19(20)33)27(10-12-34-13-11-27)35-23(21)16-6-8-17(9-7-16)28(29,30)31/h6,8,19,23,33H,7,9-15H2,1-5H3/t19?,23-/m1/s1. The minimum atomic E-state index is -4.31. The van der Waals surface area contributed by atoms with E-state index >= 15 is 0 Å². The normalized spacial score (nSPS) is 27.8. The molecule has 7 heteroatoms. The van der Waals surface area contributed by atoms with Crippen molar-refractivity contribution < 1.29 is 27.8 Å². The summed E-state index contributed by atoms with van der Waals surface area (Å²) in [5.74, 6) is 0. The van der Waals surface area contributed by atoms with E-state index in [1.54, 1.807) is 6.08 Å². The number of fused-ring (bicyclic) bond motifs is 4. The number of halogens is 3. The number of aromatic nitrogens is 1. The van der Waals surface area contributed by atoms with E-state index in [1.807, 2.05) is 0 Å². The summed E-state index contributed by atoms with van der Waals surface area (Å²) >= 11 is 0. The Bertz CT molecular complexity index is 1090. The molecule has 4 aliphatic rings. The molecule has 2 aliphatic heterocycles. The van der Waals surface area contributed by atoms with Gasteiger partial charge in [-0.25, -0.2) is 0 Å². The lowest BCUT2D eigenvalue weighted by Gasteiger charge is -2.40. The van der Waals surface area contributed by atoms with Gasteiger partial charge in [0, 0.05) is 53.9 Å². The molecule has 0 aromatic carbocycles. The molecule has 1 aromatic heterocycles. The van der Waals surface area contributed by atoms with E-state index in [0.717, 1.165) is 40.1 Å². The lowest BCUT2D eigenvalue weighted by Crippen LogP contribution is -2.37. The summed E-state index contributed by atoms with van der Waals surface area (Å²) in [7, 11) is 0. The molecular weight excluding hydrogens is 455 g/mol. The molecule has 1 aromatic rings. The Hall–Kier alpha value is -1.70. The van der Waals surface area contributed by atoms with Crippen LogP contribution < -0.4 is 0 Å². The molecule has 0 radical (unpaired) electrons. The van der Waals surface area contributed by atoms with Crippen molar-refractivity contribution in [2.45, 2.75) is 103 Å². The fraction of sp³-hybridized carbons (Fsp3) is 0.679. The van der Waals surface area contributed by atoms with Gasteiger partial charge < -0.3 is 14.6 Å². The fourth-order valence-electron chi connectivity index (χ4n) is 6.41. The maximum Gasteiger partial charge on any atom is 0.412 e. The van der Waals surface area contributed by atoms with Gasteiger partial charge >= 0.3 is 6.18 Å². The number of ether oxygens (including phenoxy) is 2. The summed E-state index contributed by atoms with van der Waals surface area (Å²) in [6, 6.07) is 0. The fourth-order valence-corrected chi connectivity index (χ4v) is 6.41. The van der Waals surface area contributed by atoms with Gasteiger partial charge in [0.25, 0.3) is 0 Å². The van der Waals surface area contributed by atoms with Crippen molar-refractivity contribution in [1.82, 2.24) is 4.98 Å². The summed E-state index contributed by atoms with van der Waals surface area (Å²) in [4.78, 5) is 5.19. The molecule has 1 unspecified atom stereocenters. The average Bonchev–Trinajstić information content (AvgIpc) is 3.05. The Kier molecular flexibility index (Phi) is 5.82. The van der Waals surface area contributed by atoms with E-state index in [4.69, 9.17) is 14.5 Å². The number of hydrogen-bond donors (Lipinski definition) is 1. The van der Waals surface area contributed by atoms with Gasteiger partial charge in [-0.15, -0.1) is 0 Å². The van der Waals surface area contributed by atoms with Crippen molar-refractivity contribution in [3.05, 3.63) is 51.4 Å². The van der Waals surface area contributed by atoms with Crippen LogP contribution >= 0.6 is 0 Å². The number of aliphatic hydroxyl groups excluding tert-OH is 1. The van der Waals surface area contributed by atoms with E-state index in [1.165, 1.54) is 6.08 Å². The van der Waals surface area contributed by atoms with Crippen LogP contribution in [0.2, 0.25) is 0 Å². The van der Waals surface area contributed by atoms with Gasteiger partial charge in [-0.05, 0) is 42.2 Å². The van der Waals surface area contributed by atoms with Gasteiger partial charge in [0.2, 0.25) is 0 Å². The molecule has 1 N–H and O–H groups in total. The molecule has 1 fully saturated rings. The van der Waals surface area contributed by atoms with Gasteiger partial charge in [-0.2, -0.15) is 13.2 Å². The minimum Gasteiger partial charge on any atom is -0.388 e. The zero-order chi connectivity index (χ0) is 25.4. The van der Waals surface area contributed by atoms with E-state index < -0.39 is 29.6 Å². The molecule has 1 spiro atoms. The average molecular weight is 492 g/mol. The predicted octanol–water partition coefficient (Wildman–Crippen LogP) is 6.67. The Morgan fingerprint density at radius 1 is 1.03 bits per heavy atom. The van der Waals surface area contributed by atoms with Crippen LogP contribution in [0.4, 0.5) is 13.2 Å². The van der Waals surface area contributed by atoms with Crippen LogP contribution in [0.15, 0.2) is 23.3 Å². The van der Waals surface area contributed by atoms with Crippen LogP contribution in [0.1, 0.15) is 107 Å². The maximum absolute atomic E-state index is 13.3. The SMILES string of the molecule is CC1(C)Cc2nc(C(C)(C)C)c3c(c2C(O)C1)C1(CCOCC1)O[C@@H]3C1=CC=C(C(F)(F)F)CC1. The molecule has 1 saturated heterocycles. The molecule has 0 amide bonds. The van der Waals surface area contributed by atoms with Crippen molar-refractivity contribution >= 4 is 0 Å². The highest BCUT2D eigenvalue weighted by Gasteiger charge is 2.53. The highest BCUT2D eigenvalue weighted by molar-refractivity contribution is 5.55. The van der Waals surface area contributed by atoms with E-state index in [9.17, 15) is 18.3 Å². The zero-order valence-corrected chi connectivity index (χ0v) is 21.3. The molecular formula is C28H36F3NO3. The third-order valence-electron chi connectivity index (χ3n) is 8.03. The van der Waals surface area contributed by atoms with Crippen LogP contribution in [-0.2, 0) is 26.9 Å². The first-order valence-electron chi connectivity index (χ1n) is 12.7. The topological polar surface area (TPSA) is 51.6 Å². The van der Waals surface area contributed by atoms with Gasteiger partial charge in [0.05, 0.1) is 17.4 Å². The molecule has 2 atom stereocenters. The first-order valence-corrected chi connectivity index (χ1v) is 12.7. The molecule has 0 bridgehead atoms. The van der Waals surface area contributed by atoms with E-state index in [0.29, 0.717) is 32.5 Å². The van der Waals surface area contributed by atoms with Crippen molar-refractivity contribution in [1.29, 1.82) is 0 Å². The van der Waals surface area contributed by atoms with Gasteiger partial charge in [-0.3, -0.25) is 4.98 Å². The van der Waals surface area contributed by atoms with Gasteiger partial charge in [0.15, 0.2) is 0 Å². The van der Waals surface area contributed by atoms with Crippen molar-refractivity contribution in [2.24, 2.45) is 5.41 Å². The van der Waals surface area contributed by atoms with Gasteiger partial charge in [-0.1, -0.05) is 46.8 Å². The lowest BCUT2D eigenvalue weighted by atomic mass is 9.69. The van der Waals surface area contributed by atoms with Crippen LogP contribution in [0, 0.1) is 5.41 Å². The highest BCUT2D eigenvalue weighted by atomic mass is 19.4. The van der Waals surface area contributed by atoms with Crippen LogP contribution in [0.3, 0.4) is 0 Å². The number of pyridine rings is 1. The Balaban J connectivity index is 1.75. The van der Waals surface area contributed by atoms with Crippen LogP contribution in [0.5, 0.6) is 0 Å². The largest absolute Gasteiger partial charge is 0.412 e. The number of aliphatic hydroxyl groups is 1. The van der Waals surface area contributed by atoms with Crippen molar-refractivity contribution in [3.8, 4) is 0 Å². The summed E-state index contributed by atoms with van der Waals surface area (Å²) < 4.78 is 52.5. The summed E-state index contributed by atoms with van der Waals surface area (Å²) in [6.07, 6.45) is 0.333. The predicted molar refractivity (Wildman–Crippen MR) is 127 cm³/mol. The molecule has 35 heavy (non-hydrogen) atoms. The molecule has 192 valence electrons. The summed E-state index contributed by atoms with van der Waals surface area (Å²) in [6.45, 7) is 11.8. The number of alkyl halides is 3. The highest BCUT2D eigenvalue weighted by Crippen LogP contribution is 2.58. The van der Waals surface area contributed by atoms with Crippen LogP contribution in [0.25, 0.3) is 0 Å². The monoisotopic (exact) mass is 491 g/mol. The first-order chi connectivity index (χ1) is 16.2. The van der Waals surface area contributed by atoms with E-state index in [-0.39, 0.29) is 23.7 Å². The third kappa shape index (κ3) is 4.27. The number of allylic oxidation sites excluding steroid dienone is 3. The molecule has 3 heterocycles. The Labute approximate surface area is 205 Å². The first kappa shape index (κ1) is 25.0.